The van der Waals surface area contributed by atoms with E-state index in [2.05, 4.69) is 29.6 Å². The monoisotopic (exact) mass is 476 g/mol. The van der Waals surface area contributed by atoms with E-state index in [4.69, 9.17) is 4.74 Å². The molecule has 0 radical (unpaired) electrons. The molecule has 35 heavy (non-hydrogen) atoms. The van der Waals surface area contributed by atoms with Gasteiger partial charge in [-0.15, -0.1) is 0 Å². The summed E-state index contributed by atoms with van der Waals surface area (Å²) < 4.78 is 5.74. The lowest BCUT2D eigenvalue weighted by molar-refractivity contribution is -0.143. The Morgan fingerprint density at radius 2 is 1.63 bits per heavy atom. The van der Waals surface area contributed by atoms with Crippen molar-refractivity contribution in [2.75, 3.05) is 13.2 Å². The van der Waals surface area contributed by atoms with Gasteiger partial charge in [-0.05, 0) is 61.3 Å². The summed E-state index contributed by atoms with van der Waals surface area (Å²) in [4.78, 5) is 39.2. The lowest BCUT2D eigenvalue weighted by Gasteiger charge is -2.33. The van der Waals surface area contributed by atoms with E-state index in [0.29, 0.717) is 13.0 Å². The third-order valence-corrected chi connectivity index (χ3v) is 8.12. The average Bonchev–Trinajstić information content (AvgIpc) is 3.55. The van der Waals surface area contributed by atoms with Crippen LogP contribution in [-0.2, 0) is 14.3 Å². The Bertz CT molecular complexity index is 1110. The van der Waals surface area contributed by atoms with Crippen molar-refractivity contribution < 1.29 is 24.2 Å². The van der Waals surface area contributed by atoms with Crippen molar-refractivity contribution in [1.82, 2.24) is 10.2 Å². The third kappa shape index (κ3) is 4.40. The van der Waals surface area contributed by atoms with Crippen molar-refractivity contribution >= 4 is 18.0 Å². The topological polar surface area (TPSA) is 95.9 Å². The number of carboxylic acid groups (broad SMARTS) is 1. The highest BCUT2D eigenvalue weighted by atomic mass is 16.5. The predicted octanol–water partition coefficient (Wildman–Crippen LogP) is 4.41. The van der Waals surface area contributed by atoms with Crippen molar-refractivity contribution in [3.05, 3.63) is 59.7 Å². The van der Waals surface area contributed by atoms with E-state index in [-0.39, 0.29) is 36.8 Å². The Kier molecular flexibility index (Phi) is 6.03. The summed E-state index contributed by atoms with van der Waals surface area (Å²) in [5.74, 6) is -1.34. The number of ether oxygens (including phenoxy) is 1. The first-order valence-corrected chi connectivity index (χ1v) is 12.4. The first-order chi connectivity index (χ1) is 16.8. The number of benzene rings is 2. The minimum absolute atomic E-state index is 0.0274. The first-order valence-electron chi connectivity index (χ1n) is 12.4. The van der Waals surface area contributed by atoms with E-state index < -0.39 is 23.5 Å². The summed E-state index contributed by atoms with van der Waals surface area (Å²) in [6, 6.07) is 16.0. The molecule has 184 valence electrons. The lowest BCUT2D eigenvalue weighted by atomic mass is 9.90. The van der Waals surface area contributed by atoms with Crippen LogP contribution < -0.4 is 5.32 Å². The molecule has 0 aromatic heterocycles. The van der Waals surface area contributed by atoms with Crippen molar-refractivity contribution in [3.8, 4) is 11.1 Å². The number of carboxylic acids is 1. The van der Waals surface area contributed by atoms with E-state index in [1.54, 1.807) is 11.8 Å². The van der Waals surface area contributed by atoms with E-state index in [9.17, 15) is 19.5 Å². The van der Waals surface area contributed by atoms with E-state index >= 15 is 0 Å². The smallest absolute Gasteiger partial charge is 0.407 e. The highest BCUT2D eigenvalue weighted by Gasteiger charge is 2.47. The second-order valence-corrected chi connectivity index (χ2v) is 10.4. The quantitative estimate of drug-likeness (QED) is 0.617. The summed E-state index contributed by atoms with van der Waals surface area (Å²) in [6.07, 6.45) is 1.97. The van der Waals surface area contributed by atoms with Crippen molar-refractivity contribution in [2.24, 2.45) is 11.8 Å². The number of carbonyl (C=O) groups is 3. The number of fused-ring (bicyclic) bond motifs is 3. The number of nitrogens with zero attached hydrogens (tertiary/aromatic N) is 1. The molecule has 1 saturated carbocycles. The molecule has 3 aliphatic rings. The van der Waals surface area contributed by atoms with Crippen LogP contribution in [0.4, 0.5) is 4.79 Å². The minimum Gasteiger partial charge on any atom is -0.481 e. The predicted molar refractivity (Wildman–Crippen MR) is 131 cm³/mol. The van der Waals surface area contributed by atoms with Crippen LogP contribution in [0.3, 0.4) is 0 Å². The first kappa shape index (κ1) is 23.4. The molecule has 5 rings (SSSR count). The van der Waals surface area contributed by atoms with E-state index in [0.717, 1.165) is 24.0 Å². The standard InChI is InChI=1S/C28H32N2O5/c1-17-19(26(32)33)13-14-30(17)25(31)15-28(2,18-11-12-18)29-27(34)35-16-24-22-9-5-3-7-20(22)21-8-4-6-10-23(21)24/h3-10,17-19,24H,11-16H2,1-2H3,(H,29,34)(H,32,33). The molecule has 1 saturated heterocycles. The molecule has 1 heterocycles. The van der Waals surface area contributed by atoms with Gasteiger partial charge in [-0.2, -0.15) is 0 Å². The molecule has 0 bridgehead atoms. The van der Waals surface area contributed by atoms with Crippen LogP contribution in [0.1, 0.15) is 56.6 Å². The number of hydrogen-bond acceptors (Lipinski definition) is 4. The van der Waals surface area contributed by atoms with Crippen LogP contribution in [0.15, 0.2) is 48.5 Å². The molecule has 7 heteroatoms. The molecule has 2 aliphatic carbocycles. The second kappa shape index (κ2) is 9.02. The zero-order valence-electron chi connectivity index (χ0n) is 20.2. The number of aliphatic carboxylic acids is 1. The number of alkyl carbamates (subject to hydrolysis) is 1. The fourth-order valence-corrected chi connectivity index (χ4v) is 5.92. The molecule has 1 aliphatic heterocycles. The van der Waals surface area contributed by atoms with Gasteiger partial charge < -0.3 is 20.1 Å². The number of likely N-dealkylation sites (tertiary alicyclic amines) is 1. The zero-order chi connectivity index (χ0) is 24.7. The largest absolute Gasteiger partial charge is 0.481 e. The molecule has 2 fully saturated rings. The van der Waals surface area contributed by atoms with Crippen molar-refractivity contribution in [3.63, 3.8) is 0 Å². The summed E-state index contributed by atoms with van der Waals surface area (Å²) in [7, 11) is 0. The van der Waals surface area contributed by atoms with E-state index in [1.807, 2.05) is 31.2 Å². The fraction of sp³-hybridized carbons (Fsp3) is 0.464. The molecule has 3 atom stereocenters. The van der Waals surface area contributed by atoms with Crippen molar-refractivity contribution in [2.45, 2.75) is 57.0 Å². The molecule has 7 nitrogen and oxygen atoms in total. The molecule has 0 spiro atoms. The number of amides is 2. The highest BCUT2D eigenvalue weighted by molar-refractivity contribution is 5.82. The SMILES string of the molecule is CC1C(C(=O)O)CCN1C(=O)CC(C)(NC(=O)OCC1c2ccccc2-c2ccccc21)C1CC1. The zero-order valence-corrected chi connectivity index (χ0v) is 20.2. The van der Waals surface area contributed by atoms with Crippen LogP contribution in [0.2, 0.25) is 0 Å². The van der Waals surface area contributed by atoms with Crippen LogP contribution in [0.5, 0.6) is 0 Å². The number of hydrogen-bond donors (Lipinski definition) is 2. The fourth-order valence-electron chi connectivity index (χ4n) is 5.92. The van der Waals surface area contributed by atoms with Gasteiger partial charge in [0.15, 0.2) is 0 Å². The number of carbonyl (C=O) groups excluding carboxylic acids is 2. The van der Waals surface area contributed by atoms with Crippen LogP contribution in [0, 0.1) is 11.8 Å². The van der Waals surface area contributed by atoms with Crippen molar-refractivity contribution in [1.29, 1.82) is 0 Å². The highest BCUT2D eigenvalue weighted by Crippen LogP contribution is 2.45. The molecular formula is C28H32N2O5. The number of rotatable bonds is 7. The Hall–Kier alpha value is -3.35. The van der Waals surface area contributed by atoms with Gasteiger partial charge in [0.25, 0.3) is 0 Å². The molecular weight excluding hydrogens is 444 g/mol. The maximum atomic E-state index is 13.1. The van der Waals surface area contributed by atoms with E-state index in [1.165, 1.54) is 11.1 Å². The Morgan fingerprint density at radius 1 is 1.03 bits per heavy atom. The Labute approximate surface area is 205 Å². The Balaban J connectivity index is 1.24. The number of nitrogens with one attached hydrogen (secondary N) is 1. The van der Waals surface area contributed by atoms with Gasteiger partial charge in [0.05, 0.1) is 17.9 Å². The van der Waals surface area contributed by atoms with Crippen LogP contribution >= 0.6 is 0 Å². The van der Waals surface area contributed by atoms with Gasteiger partial charge in [-0.3, -0.25) is 9.59 Å². The lowest BCUT2D eigenvalue weighted by Crippen LogP contribution is -2.52. The second-order valence-electron chi connectivity index (χ2n) is 10.4. The summed E-state index contributed by atoms with van der Waals surface area (Å²) in [5.41, 5.74) is 3.92. The molecule has 2 aromatic rings. The summed E-state index contributed by atoms with van der Waals surface area (Å²) >= 11 is 0. The maximum Gasteiger partial charge on any atom is 0.407 e. The maximum absolute atomic E-state index is 13.1. The van der Waals surface area contributed by atoms with Gasteiger partial charge in [-0.1, -0.05) is 48.5 Å². The van der Waals surface area contributed by atoms with Gasteiger partial charge in [-0.25, -0.2) is 4.79 Å². The minimum atomic E-state index is -0.866. The molecule has 3 unspecified atom stereocenters. The third-order valence-electron chi connectivity index (χ3n) is 8.12. The molecule has 2 amide bonds. The summed E-state index contributed by atoms with van der Waals surface area (Å²) in [6.45, 7) is 4.34. The Morgan fingerprint density at radius 3 is 2.17 bits per heavy atom. The average molecular weight is 477 g/mol. The normalized spacial score (nSPS) is 22.7. The van der Waals surface area contributed by atoms with Gasteiger partial charge in [0, 0.05) is 18.5 Å². The molecule has 2 aromatic carbocycles. The van der Waals surface area contributed by atoms with Crippen LogP contribution in [-0.4, -0.2) is 52.7 Å². The van der Waals surface area contributed by atoms with Crippen LogP contribution in [0.25, 0.3) is 11.1 Å². The summed E-state index contributed by atoms with van der Waals surface area (Å²) in [5, 5.41) is 12.4. The van der Waals surface area contributed by atoms with Gasteiger partial charge in [0.1, 0.15) is 6.61 Å². The van der Waals surface area contributed by atoms with Gasteiger partial charge >= 0.3 is 12.1 Å². The molecule has 2 N–H and O–H groups in total. The van der Waals surface area contributed by atoms with Gasteiger partial charge in [0.2, 0.25) is 5.91 Å².